The zero-order chi connectivity index (χ0) is 19.1. The number of carboxylic acid groups (broad SMARTS) is 1. The molecule has 0 saturated carbocycles. The molecule has 1 amide bonds. The molecule has 1 fully saturated rings. The molecule has 0 aliphatic carbocycles. The van der Waals surface area contributed by atoms with Crippen LogP contribution >= 0.6 is 0 Å². The van der Waals surface area contributed by atoms with E-state index in [-0.39, 0.29) is 18.1 Å². The predicted octanol–water partition coefficient (Wildman–Crippen LogP) is 1.68. The summed E-state index contributed by atoms with van der Waals surface area (Å²) in [7, 11) is 0. The lowest BCUT2D eigenvalue weighted by atomic mass is 10.1. The van der Waals surface area contributed by atoms with Gasteiger partial charge in [-0.1, -0.05) is 30.3 Å². The summed E-state index contributed by atoms with van der Waals surface area (Å²) in [6.07, 6.45) is 0.627. The first-order valence-corrected chi connectivity index (χ1v) is 8.93. The van der Waals surface area contributed by atoms with Crippen LogP contribution in [0.4, 0.5) is 0 Å². The van der Waals surface area contributed by atoms with Gasteiger partial charge in [-0.15, -0.1) is 0 Å². The molecule has 1 aromatic carbocycles. The third kappa shape index (κ3) is 5.12. The van der Waals surface area contributed by atoms with E-state index < -0.39 is 24.3 Å². The molecule has 1 heterocycles. The van der Waals surface area contributed by atoms with E-state index in [0.29, 0.717) is 31.6 Å². The number of carbonyl (C=O) groups is 3. The van der Waals surface area contributed by atoms with Crippen LogP contribution in [0.3, 0.4) is 0 Å². The molecule has 1 aromatic rings. The van der Waals surface area contributed by atoms with Crippen molar-refractivity contribution >= 4 is 17.7 Å². The Hall–Kier alpha value is -2.25. The van der Waals surface area contributed by atoms with E-state index in [2.05, 4.69) is 5.32 Å². The van der Waals surface area contributed by atoms with Gasteiger partial charge in [0.15, 0.2) is 5.78 Å². The number of aliphatic carboxylic acids is 1. The fourth-order valence-corrected chi connectivity index (χ4v) is 3.16. The first kappa shape index (κ1) is 20.1. The van der Waals surface area contributed by atoms with Gasteiger partial charge in [0.05, 0.1) is 12.5 Å². The lowest BCUT2D eigenvalue weighted by molar-refractivity contribution is -0.149. The van der Waals surface area contributed by atoms with Crippen LogP contribution in [0.5, 0.6) is 0 Å². The van der Waals surface area contributed by atoms with Crippen molar-refractivity contribution in [1.82, 2.24) is 10.2 Å². The average Bonchev–Trinajstić information content (AvgIpc) is 3.12. The van der Waals surface area contributed by atoms with Crippen LogP contribution < -0.4 is 5.32 Å². The third-order valence-corrected chi connectivity index (χ3v) is 4.46. The van der Waals surface area contributed by atoms with Crippen LogP contribution in [0.1, 0.15) is 43.5 Å². The minimum atomic E-state index is -0.983. The molecule has 0 spiro atoms. The van der Waals surface area contributed by atoms with E-state index in [1.165, 1.54) is 4.90 Å². The monoisotopic (exact) mass is 362 g/mol. The second kappa shape index (κ2) is 9.45. The Bertz CT molecular complexity index is 634. The zero-order valence-corrected chi connectivity index (χ0v) is 15.2. The maximum absolute atomic E-state index is 12.6. The molecule has 1 aliphatic heterocycles. The number of ketones is 1. The summed E-state index contributed by atoms with van der Waals surface area (Å²) >= 11 is 0. The molecule has 2 N–H and O–H groups in total. The largest absolute Gasteiger partial charge is 0.480 e. The number of rotatable bonds is 9. The lowest BCUT2D eigenvalue weighted by Gasteiger charge is -2.28. The van der Waals surface area contributed by atoms with Gasteiger partial charge in [0.2, 0.25) is 5.91 Å². The van der Waals surface area contributed by atoms with Gasteiger partial charge in [-0.2, -0.15) is 0 Å². The Balaban J connectivity index is 1.98. The summed E-state index contributed by atoms with van der Waals surface area (Å²) in [5.74, 6) is -1.35. The second-order valence-electron chi connectivity index (χ2n) is 6.35. The Morgan fingerprint density at radius 1 is 1.31 bits per heavy atom. The van der Waals surface area contributed by atoms with Crippen molar-refractivity contribution in [3.8, 4) is 0 Å². The van der Waals surface area contributed by atoms with Gasteiger partial charge in [0.1, 0.15) is 12.3 Å². The number of hydrogen-bond acceptors (Lipinski definition) is 5. The Morgan fingerprint density at radius 3 is 2.62 bits per heavy atom. The SMILES string of the molecule is CCOC(CC(=O)c1ccccc1)N[C@@H](C)C(=O)N1CCC[C@H]1C(=O)O. The van der Waals surface area contributed by atoms with Crippen LogP contribution in [0.25, 0.3) is 0 Å². The molecule has 3 atom stereocenters. The molecule has 1 saturated heterocycles. The molecule has 26 heavy (non-hydrogen) atoms. The number of nitrogens with one attached hydrogen (secondary N) is 1. The maximum Gasteiger partial charge on any atom is 0.326 e. The van der Waals surface area contributed by atoms with E-state index in [1.54, 1.807) is 31.2 Å². The summed E-state index contributed by atoms with van der Waals surface area (Å²) in [4.78, 5) is 37.7. The summed E-state index contributed by atoms with van der Waals surface area (Å²) in [6, 6.07) is 7.48. The lowest BCUT2D eigenvalue weighted by Crippen LogP contribution is -2.52. The fraction of sp³-hybridized carbons (Fsp3) is 0.526. The number of Topliss-reactive ketones (excluding diaryl/α,β-unsaturated/α-hetero) is 1. The number of hydrogen-bond donors (Lipinski definition) is 2. The van der Waals surface area contributed by atoms with Crippen LogP contribution in [0.2, 0.25) is 0 Å². The smallest absolute Gasteiger partial charge is 0.326 e. The number of ether oxygens (including phenoxy) is 1. The van der Waals surface area contributed by atoms with E-state index in [1.807, 2.05) is 13.0 Å². The molecule has 7 heteroatoms. The predicted molar refractivity (Wildman–Crippen MR) is 95.8 cm³/mol. The van der Waals surface area contributed by atoms with Crippen molar-refractivity contribution in [2.75, 3.05) is 13.2 Å². The van der Waals surface area contributed by atoms with Crippen molar-refractivity contribution in [3.63, 3.8) is 0 Å². The van der Waals surface area contributed by atoms with Crippen LogP contribution in [0, 0.1) is 0 Å². The highest BCUT2D eigenvalue weighted by molar-refractivity contribution is 5.96. The highest BCUT2D eigenvalue weighted by atomic mass is 16.5. The van der Waals surface area contributed by atoms with Gasteiger partial charge in [0.25, 0.3) is 0 Å². The topological polar surface area (TPSA) is 95.9 Å². The molecular formula is C19H26N2O5. The number of carbonyl (C=O) groups excluding carboxylic acids is 2. The van der Waals surface area contributed by atoms with Gasteiger partial charge >= 0.3 is 5.97 Å². The molecule has 1 aliphatic rings. The number of amides is 1. The molecule has 0 radical (unpaired) electrons. The number of benzene rings is 1. The second-order valence-corrected chi connectivity index (χ2v) is 6.35. The highest BCUT2D eigenvalue weighted by Gasteiger charge is 2.36. The number of likely N-dealkylation sites (tertiary alicyclic amines) is 1. The molecule has 1 unspecified atom stereocenters. The zero-order valence-electron chi connectivity index (χ0n) is 15.2. The molecule has 0 bridgehead atoms. The van der Waals surface area contributed by atoms with Gasteiger partial charge in [-0.05, 0) is 26.7 Å². The van der Waals surface area contributed by atoms with Gasteiger partial charge in [-0.3, -0.25) is 14.9 Å². The normalized spacial score (nSPS) is 19.2. The molecule has 142 valence electrons. The van der Waals surface area contributed by atoms with Gasteiger partial charge in [-0.25, -0.2) is 4.79 Å². The van der Waals surface area contributed by atoms with Crippen molar-refractivity contribution in [3.05, 3.63) is 35.9 Å². The average molecular weight is 362 g/mol. The highest BCUT2D eigenvalue weighted by Crippen LogP contribution is 2.19. The summed E-state index contributed by atoms with van der Waals surface area (Å²) in [5, 5.41) is 12.3. The van der Waals surface area contributed by atoms with E-state index in [9.17, 15) is 19.5 Å². The number of carboxylic acids is 1. The molecule has 2 rings (SSSR count). The van der Waals surface area contributed by atoms with Crippen molar-refractivity contribution < 1.29 is 24.2 Å². The first-order chi connectivity index (χ1) is 12.4. The Morgan fingerprint density at radius 2 is 2.00 bits per heavy atom. The third-order valence-electron chi connectivity index (χ3n) is 4.46. The van der Waals surface area contributed by atoms with Crippen LogP contribution in [-0.4, -0.2) is 59.1 Å². The van der Waals surface area contributed by atoms with Crippen molar-refractivity contribution in [1.29, 1.82) is 0 Å². The minimum absolute atomic E-state index is 0.0826. The summed E-state index contributed by atoms with van der Waals surface area (Å²) in [6.45, 7) is 4.31. The first-order valence-electron chi connectivity index (χ1n) is 8.93. The van der Waals surface area contributed by atoms with Crippen molar-refractivity contribution in [2.45, 2.75) is 51.4 Å². The van der Waals surface area contributed by atoms with Crippen molar-refractivity contribution in [2.24, 2.45) is 0 Å². The quantitative estimate of drug-likeness (QED) is 0.512. The summed E-state index contributed by atoms with van der Waals surface area (Å²) < 4.78 is 5.57. The standard InChI is InChI=1S/C19H26N2O5/c1-3-26-17(12-16(22)14-8-5-4-6-9-14)20-13(2)18(23)21-11-7-10-15(21)19(24)25/h4-6,8-9,13,15,17,20H,3,7,10-12H2,1-2H3,(H,24,25)/t13-,15-,17?/m0/s1. The number of nitrogens with zero attached hydrogens (tertiary/aromatic N) is 1. The molecule has 0 aromatic heterocycles. The van der Waals surface area contributed by atoms with E-state index in [4.69, 9.17) is 4.74 Å². The Labute approximate surface area is 153 Å². The molecular weight excluding hydrogens is 336 g/mol. The fourth-order valence-electron chi connectivity index (χ4n) is 3.16. The maximum atomic E-state index is 12.6. The van der Waals surface area contributed by atoms with Gasteiger partial charge in [0, 0.05) is 18.7 Å². The Kier molecular flexibility index (Phi) is 7.29. The summed E-state index contributed by atoms with van der Waals surface area (Å²) in [5.41, 5.74) is 0.587. The van der Waals surface area contributed by atoms with Crippen LogP contribution in [-0.2, 0) is 14.3 Å². The molecule has 7 nitrogen and oxygen atoms in total. The van der Waals surface area contributed by atoms with E-state index >= 15 is 0 Å². The van der Waals surface area contributed by atoms with Gasteiger partial charge < -0.3 is 14.7 Å². The minimum Gasteiger partial charge on any atom is -0.480 e. The van der Waals surface area contributed by atoms with Crippen LogP contribution in [0.15, 0.2) is 30.3 Å². The van der Waals surface area contributed by atoms with E-state index in [0.717, 1.165) is 0 Å².